The number of fused-ring (bicyclic) bond motifs is 1. The van der Waals surface area contributed by atoms with Crippen molar-refractivity contribution >= 4 is 37.2 Å². The second-order valence-corrected chi connectivity index (χ2v) is 9.46. The summed E-state index contributed by atoms with van der Waals surface area (Å²) in [6, 6.07) is 11.9. The molecule has 0 saturated carbocycles. The van der Waals surface area contributed by atoms with Gasteiger partial charge in [0.2, 0.25) is 9.84 Å². The first-order valence-corrected chi connectivity index (χ1v) is 11.1. The first kappa shape index (κ1) is 20.1. The number of carbonyl (C=O) groups excluding carboxylic acids is 1. The van der Waals surface area contributed by atoms with Gasteiger partial charge in [0, 0.05) is 18.9 Å². The van der Waals surface area contributed by atoms with E-state index in [1.54, 1.807) is 30.6 Å². The van der Waals surface area contributed by atoms with Crippen LogP contribution in [0.25, 0.3) is 10.1 Å². The maximum Gasteiger partial charge on any atom is 0.261 e. The van der Waals surface area contributed by atoms with Crippen molar-refractivity contribution < 1.29 is 22.0 Å². The summed E-state index contributed by atoms with van der Waals surface area (Å²) < 4.78 is 52.5. The highest BCUT2D eigenvalue weighted by atomic mass is 32.2. The molecule has 152 valence electrons. The Labute approximate surface area is 174 Å². The number of benzene rings is 2. The summed E-state index contributed by atoms with van der Waals surface area (Å²) in [5, 5.41) is 3.73. The molecule has 4 rings (SSSR count). The van der Waals surface area contributed by atoms with Crippen LogP contribution in [-0.4, -0.2) is 19.3 Å². The number of carbonyl (C=O) groups is 1. The molecule has 0 aliphatic heterocycles. The van der Waals surface area contributed by atoms with E-state index in [4.69, 9.17) is 0 Å². The molecule has 2 heterocycles. The number of hydrogen-bond donors (Lipinski definition) is 1. The fourth-order valence-corrected chi connectivity index (χ4v) is 5.05. The SMILES string of the molecule is O=C(NCc1ccc(S(=O)(=O)c2ccc(F)c(F)c2)cc1)c1cc2ccncc2s1. The van der Waals surface area contributed by atoms with E-state index in [9.17, 15) is 22.0 Å². The largest absolute Gasteiger partial charge is 0.347 e. The summed E-state index contributed by atoms with van der Waals surface area (Å²) in [4.78, 5) is 16.6. The predicted octanol–water partition coefficient (Wildman–Crippen LogP) is 4.34. The molecule has 4 aromatic rings. The van der Waals surface area contributed by atoms with Crippen LogP contribution in [0.3, 0.4) is 0 Å². The standard InChI is InChI=1S/C21H14F2N2O3S2/c22-17-6-5-16(10-18(17)23)30(27,28)15-3-1-13(2-4-15)11-25-21(26)19-9-14-7-8-24-12-20(14)29-19/h1-10,12H,11H2,(H,25,26). The van der Waals surface area contributed by atoms with E-state index in [1.807, 2.05) is 6.07 Å². The number of rotatable bonds is 5. The second-order valence-electron chi connectivity index (χ2n) is 6.43. The van der Waals surface area contributed by atoms with Gasteiger partial charge >= 0.3 is 0 Å². The molecule has 9 heteroatoms. The molecule has 0 fully saturated rings. The predicted molar refractivity (Wildman–Crippen MR) is 109 cm³/mol. The van der Waals surface area contributed by atoms with E-state index in [1.165, 1.54) is 23.5 Å². The van der Waals surface area contributed by atoms with Crippen LogP contribution in [0.2, 0.25) is 0 Å². The lowest BCUT2D eigenvalue weighted by Crippen LogP contribution is -2.21. The number of halogens is 2. The van der Waals surface area contributed by atoms with Gasteiger partial charge in [0.15, 0.2) is 11.6 Å². The minimum absolute atomic E-state index is 0.0550. The van der Waals surface area contributed by atoms with Gasteiger partial charge in [-0.15, -0.1) is 11.3 Å². The van der Waals surface area contributed by atoms with Crippen LogP contribution in [0.4, 0.5) is 8.78 Å². The third-order valence-corrected chi connectivity index (χ3v) is 7.29. The molecule has 5 nitrogen and oxygen atoms in total. The molecular formula is C21H14F2N2O3S2. The van der Waals surface area contributed by atoms with Gasteiger partial charge in [-0.3, -0.25) is 9.78 Å². The summed E-state index contributed by atoms with van der Waals surface area (Å²) in [5.74, 6) is -2.59. The maximum absolute atomic E-state index is 13.4. The van der Waals surface area contributed by atoms with Crippen molar-refractivity contribution in [3.05, 3.63) is 89.1 Å². The van der Waals surface area contributed by atoms with Gasteiger partial charge in [-0.05, 0) is 53.4 Å². The van der Waals surface area contributed by atoms with Crippen LogP contribution in [0, 0.1) is 11.6 Å². The van der Waals surface area contributed by atoms with Gasteiger partial charge in [0.25, 0.3) is 5.91 Å². The number of pyridine rings is 1. The highest BCUT2D eigenvalue weighted by molar-refractivity contribution is 7.91. The van der Waals surface area contributed by atoms with Crippen LogP contribution in [-0.2, 0) is 16.4 Å². The zero-order valence-electron chi connectivity index (χ0n) is 15.3. The summed E-state index contributed by atoms with van der Waals surface area (Å²) in [5.41, 5.74) is 0.690. The maximum atomic E-state index is 13.4. The normalized spacial score (nSPS) is 11.5. The molecule has 0 atom stereocenters. The van der Waals surface area contributed by atoms with E-state index in [-0.39, 0.29) is 22.2 Å². The molecule has 2 aromatic heterocycles. The first-order valence-electron chi connectivity index (χ1n) is 8.75. The van der Waals surface area contributed by atoms with Gasteiger partial charge in [0.1, 0.15) is 0 Å². The monoisotopic (exact) mass is 444 g/mol. The summed E-state index contributed by atoms with van der Waals surface area (Å²) in [6.07, 6.45) is 3.36. The Kier molecular flexibility index (Phi) is 5.31. The van der Waals surface area contributed by atoms with Gasteiger partial charge in [-0.1, -0.05) is 12.1 Å². The van der Waals surface area contributed by atoms with E-state index in [0.29, 0.717) is 16.5 Å². The van der Waals surface area contributed by atoms with Crippen LogP contribution in [0.1, 0.15) is 15.2 Å². The van der Waals surface area contributed by atoms with Crippen molar-refractivity contribution in [1.29, 1.82) is 0 Å². The fourth-order valence-electron chi connectivity index (χ4n) is 2.83. The molecule has 0 unspecified atom stereocenters. The van der Waals surface area contributed by atoms with E-state index in [0.717, 1.165) is 22.2 Å². The smallest absolute Gasteiger partial charge is 0.261 e. The van der Waals surface area contributed by atoms with E-state index < -0.39 is 21.5 Å². The molecule has 30 heavy (non-hydrogen) atoms. The van der Waals surface area contributed by atoms with Crippen LogP contribution in [0.5, 0.6) is 0 Å². The Morgan fingerprint density at radius 3 is 2.40 bits per heavy atom. The van der Waals surface area contributed by atoms with E-state index >= 15 is 0 Å². The molecule has 0 spiro atoms. The number of amides is 1. The first-order chi connectivity index (χ1) is 14.3. The minimum atomic E-state index is -3.98. The topological polar surface area (TPSA) is 76.1 Å². The number of nitrogens with zero attached hydrogens (tertiary/aromatic N) is 1. The van der Waals surface area contributed by atoms with Crippen molar-refractivity contribution in [2.24, 2.45) is 0 Å². The van der Waals surface area contributed by atoms with Gasteiger partial charge in [0.05, 0.1) is 19.4 Å². The quantitative estimate of drug-likeness (QED) is 0.465. The fraction of sp³-hybridized carbons (Fsp3) is 0.0476. The number of hydrogen-bond acceptors (Lipinski definition) is 5. The average molecular weight is 444 g/mol. The molecule has 1 amide bonds. The molecule has 2 aromatic carbocycles. The second kappa shape index (κ2) is 7.92. The zero-order valence-corrected chi connectivity index (χ0v) is 16.9. The Morgan fingerprint density at radius 1 is 0.967 bits per heavy atom. The lowest BCUT2D eigenvalue weighted by atomic mass is 10.2. The highest BCUT2D eigenvalue weighted by Crippen LogP contribution is 2.25. The van der Waals surface area contributed by atoms with Crippen molar-refractivity contribution in [2.45, 2.75) is 16.3 Å². The van der Waals surface area contributed by atoms with Gasteiger partial charge in [-0.25, -0.2) is 17.2 Å². The van der Waals surface area contributed by atoms with Crippen molar-refractivity contribution in [3.63, 3.8) is 0 Å². The third-order valence-electron chi connectivity index (χ3n) is 4.43. The Balaban J connectivity index is 1.46. The molecule has 1 N–H and O–H groups in total. The molecule has 0 aliphatic rings. The molecule has 0 bridgehead atoms. The van der Waals surface area contributed by atoms with Gasteiger partial charge in [-0.2, -0.15) is 0 Å². The molecular weight excluding hydrogens is 430 g/mol. The van der Waals surface area contributed by atoms with E-state index in [2.05, 4.69) is 10.3 Å². The summed E-state index contributed by atoms with van der Waals surface area (Å²) in [7, 11) is -3.98. The number of aromatic nitrogens is 1. The molecule has 0 aliphatic carbocycles. The summed E-state index contributed by atoms with van der Waals surface area (Å²) in [6.45, 7) is 0.205. The van der Waals surface area contributed by atoms with Crippen LogP contribution >= 0.6 is 11.3 Å². The third kappa shape index (κ3) is 3.94. The lowest BCUT2D eigenvalue weighted by molar-refractivity contribution is 0.0955. The molecule has 0 radical (unpaired) electrons. The van der Waals surface area contributed by atoms with Crippen LogP contribution < -0.4 is 5.32 Å². The summed E-state index contributed by atoms with van der Waals surface area (Å²) >= 11 is 1.33. The number of sulfone groups is 1. The number of nitrogens with one attached hydrogen (secondary N) is 1. The Morgan fingerprint density at radius 2 is 1.70 bits per heavy atom. The van der Waals surface area contributed by atoms with Crippen LogP contribution in [0.15, 0.2) is 76.8 Å². The molecule has 0 saturated heterocycles. The number of thiophene rings is 1. The van der Waals surface area contributed by atoms with Crippen molar-refractivity contribution in [3.8, 4) is 0 Å². The Hall–Kier alpha value is -3.17. The lowest BCUT2D eigenvalue weighted by Gasteiger charge is -2.07. The van der Waals surface area contributed by atoms with Gasteiger partial charge < -0.3 is 5.32 Å². The zero-order chi connectivity index (χ0) is 21.3. The van der Waals surface area contributed by atoms with Crippen molar-refractivity contribution in [2.75, 3.05) is 0 Å². The Bertz CT molecular complexity index is 1320. The highest BCUT2D eigenvalue weighted by Gasteiger charge is 2.19. The average Bonchev–Trinajstić information content (AvgIpc) is 3.18. The van der Waals surface area contributed by atoms with Crippen molar-refractivity contribution in [1.82, 2.24) is 10.3 Å². The minimum Gasteiger partial charge on any atom is -0.347 e.